The van der Waals surface area contributed by atoms with Gasteiger partial charge in [0, 0.05) is 20.1 Å². The minimum Gasteiger partial charge on any atom is -0.354 e. The molecule has 0 spiro atoms. The summed E-state index contributed by atoms with van der Waals surface area (Å²) in [6, 6.07) is 13.5. The first-order valence-corrected chi connectivity index (χ1v) is 12.7. The Kier molecular flexibility index (Phi) is 9.61. The van der Waals surface area contributed by atoms with E-state index in [0.29, 0.717) is 13.0 Å². The fraction of sp³-hybridized carbons (Fsp3) is 0.440. The molecule has 0 bridgehead atoms. The minimum absolute atomic E-state index is 0.126. The molecule has 0 radical (unpaired) electrons. The van der Waals surface area contributed by atoms with Gasteiger partial charge in [0.1, 0.15) is 6.04 Å². The van der Waals surface area contributed by atoms with E-state index in [-0.39, 0.29) is 23.9 Å². The van der Waals surface area contributed by atoms with E-state index in [0.717, 1.165) is 27.4 Å². The summed E-state index contributed by atoms with van der Waals surface area (Å²) in [5, 5.41) is 2.87. The summed E-state index contributed by atoms with van der Waals surface area (Å²) in [5.41, 5.74) is 2.87. The van der Waals surface area contributed by atoms with Crippen molar-refractivity contribution in [1.29, 1.82) is 0 Å². The quantitative estimate of drug-likeness (QED) is 0.543. The number of aryl methyl sites for hydroxylation is 2. The third-order valence-corrected chi connectivity index (χ3v) is 7.28. The molecule has 0 aromatic heterocycles. The molecule has 0 saturated heterocycles. The fourth-order valence-electron chi connectivity index (χ4n) is 3.55. The lowest BCUT2D eigenvalue weighted by Crippen LogP contribution is -2.51. The van der Waals surface area contributed by atoms with E-state index in [1.54, 1.807) is 12.1 Å². The molecule has 1 atom stereocenters. The van der Waals surface area contributed by atoms with Crippen molar-refractivity contribution in [3.05, 3.63) is 65.2 Å². The summed E-state index contributed by atoms with van der Waals surface area (Å²) in [6.07, 6.45) is 1.20. The predicted molar refractivity (Wildman–Crippen MR) is 130 cm³/mol. The Morgan fingerprint density at radius 3 is 2.24 bits per heavy atom. The molecule has 7 nitrogen and oxygen atoms in total. The Labute approximate surface area is 197 Å². The molecule has 2 amide bonds. The van der Waals surface area contributed by atoms with Gasteiger partial charge >= 0.3 is 0 Å². The number of hydrogen-bond acceptors (Lipinski definition) is 4. The average Bonchev–Trinajstić information content (AvgIpc) is 2.77. The van der Waals surface area contributed by atoms with Crippen LogP contribution in [-0.2, 0) is 26.2 Å². The smallest absolute Gasteiger partial charge is 0.243 e. The van der Waals surface area contributed by atoms with E-state index in [2.05, 4.69) is 5.32 Å². The molecule has 0 aliphatic rings. The molecule has 2 aromatic carbocycles. The van der Waals surface area contributed by atoms with Crippen molar-refractivity contribution in [2.24, 2.45) is 0 Å². The zero-order chi connectivity index (χ0) is 24.6. The SMILES string of the molecule is CCCNC(=O)C(CC)N(Cc1cccc(C)c1)C(=O)CN(C)S(=O)(=O)c1ccc(C)cc1. The lowest BCUT2D eigenvalue weighted by atomic mass is 10.1. The van der Waals surface area contributed by atoms with Crippen molar-refractivity contribution in [3.8, 4) is 0 Å². The van der Waals surface area contributed by atoms with Crippen LogP contribution in [0.25, 0.3) is 0 Å². The number of sulfonamides is 1. The molecule has 8 heteroatoms. The number of nitrogens with one attached hydrogen (secondary N) is 1. The molecule has 33 heavy (non-hydrogen) atoms. The summed E-state index contributed by atoms with van der Waals surface area (Å²) in [5.74, 6) is -0.655. The van der Waals surface area contributed by atoms with Crippen molar-refractivity contribution < 1.29 is 18.0 Å². The standard InChI is InChI=1S/C25H35N3O4S/c1-6-15-26-25(30)23(7-2)28(17-21-10-8-9-20(4)16-21)24(29)18-27(5)33(31,32)22-13-11-19(3)12-14-22/h8-14,16,23H,6-7,15,17-18H2,1-5H3,(H,26,30). The lowest BCUT2D eigenvalue weighted by Gasteiger charge is -2.32. The average molecular weight is 474 g/mol. The maximum atomic E-state index is 13.4. The molecular formula is C25H35N3O4S. The lowest BCUT2D eigenvalue weighted by molar-refractivity contribution is -0.141. The summed E-state index contributed by atoms with van der Waals surface area (Å²) in [4.78, 5) is 27.8. The predicted octanol–water partition coefficient (Wildman–Crippen LogP) is 3.26. The summed E-state index contributed by atoms with van der Waals surface area (Å²) in [7, 11) is -2.46. The highest BCUT2D eigenvalue weighted by molar-refractivity contribution is 7.89. The first-order chi connectivity index (χ1) is 15.6. The van der Waals surface area contributed by atoms with Crippen LogP contribution in [0.1, 0.15) is 43.4 Å². The van der Waals surface area contributed by atoms with E-state index in [4.69, 9.17) is 0 Å². The Morgan fingerprint density at radius 2 is 1.67 bits per heavy atom. The van der Waals surface area contributed by atoms with Crippen molar-refractivity contribution in [3.63, 3.8) is 0 Å². The Bertz CT molecular complexity index is 1050. The van der Waals surface area contributed by atoms with Gasteiger partial charge in [-0.2, -0.15) is 4.31 Å². The zero-order valence-corrected chi connectivity index (χ0v) is 21.0. The second-order valence-electron chi connectivity index (χ2n) is 8.30. The van der Waals surface area contributed by atoms with Crippen LogP contribution in [0.4, 0.5) is 0 Å². The largest absolute Gasteiger partial charge is 0.354 e. The molecule has 0 aliphatic carbocycles. The highest BCUT2D eigenvalue weighted by atomic mass is 32.2. The van der Waals surface area contributed by atoms with Gasteiger partial charge in [-0.1, -0.05) is 61.4 Å². The van der Waals surface area contributed by atoms with Gasteiger partial charge in [-0.25, -0.2) is 8.42 Å². The molecule has 180 valence electrons. The summed E-state index contributed by atoms with van der Waals surface area (Å²) >= 11 is 0. The van der Waals surface area contributed by atoms with Gasteiger partial charge < -0.3 is 10.2 Å². The molecule has 2 aromatic rings. The number of rotatable bonds is 11. The molecule has 0 saturated carbocycles. The Balaban J connectivity index is 2.31. The molecule has 1 N–H and O–H groups in total. The number of nitrogens with zero attached hydrogens (tertiary/aromatic N) is 2. The number of likely N-dealkylation sites (N-methyl/N-ethyl adjacent to an activating group) is 1. The van der Waals surface area contributed by atoms with Crippen LogP contribution in [-0.4, -0.2) is 55.6 Å². The number of amides is 2. The Morgan fingerprint density at radius 1 is 1.00 bits per heavy atom. The maximum Gasteiger partial charge on any atom is 0.243 e. The third kappa shape index (κ3) is 7.14. The van der Waals surface area contributed by atoms with Gasteiger partial charge in [0.15, 0.2) is 0 Å². The van der Waals surface area contributed by atoms with Crippen LogP contribution >= 0.6 is 0 Å². The fourth-order valence-corrected chi connectivity index (χ4v) is 4.67. The highest BCUT2D eigenvalue weighted by Gasteiger charge is 2.31. The zero-order valence-electron chi connectivity index (χ0n) is 20.2. The molecular weight excluding hydrogens is 438 g/mol. The minimum atomic E-state index is -3.85. The van der Waals surface area contributed by atoms with Gasteiger partial charge in [-0.05, 0) is 44.4 Å². The molecule has 1 unspecified atom stereocenters. The Hall–Kier alpha value is -2.71. The van der Waals surface area contributed by atoms with Crippen LogP contribution in [0.2, 0.25) is 0 Å². The van der Waals surface area contributed by atoms with Crippen LogP contribution in [0.15, 0.2) is 53.4 Å². The monoisotopic (exact) mass is 473 g/mol. The second kappa shape index (κ2) is 12.0. The van der Waals surface area contributed by atoms with Crippen LogP contribution in [0.3, 0.4) is 0 Å². The summed E-state index contributed by atoms with van der Waals surface area (Å²) < 4.78 is 27.0. The number of benzene rings is 2. The van der Waals surface area contributed by atoms with Crippen LogP contribution in [0, 0.1) is 13.8 Å². The number of carbonyl (C=O) groups excluding carboxylic acids is 2. The van der Waals surface area contributed by atoms with Gasteiger partial charge in [-0.15, -0.1) is 0 Å². The van der Waals surface area contributed by atoms with Crippen molar-refractivity contribution in [2.45, 2.75) is 58.0 Å². The maximum absolute atomic E-state index is 13.4. The van der Waals surface area contributed by atoms with Crippen molar-refractivity contribution in [1.82, 2.24) is 14.5 Å². The molecule has 0 aliphatic heterocycles. The van der Waals surface area contributed by atoms with Crippen LogP contribution in [0.5, 0.6) is 0 Å². The second-order valence-corrected chi connectivity index (χ2v) is 10.3. The highest BCUT2D eigenvalue weighted by Crippen LogP contribution is 2.18. The molecule has 0 heterocycles. The van der Waals surface area contributed by atoms with Crippen molar-refractivity contribution in [2.75, 3.05) is 20.1 Å². The molecule has 2 rings (SSSR count). The summed E-state index contributed by atoms with van der Waals surface area (Å²) in [6.45, 7) is 8.02. The van der Waals surface area contributed by atoms with E-state index in [1.165, 1.54) is 24.1 Å². The first kappa shape index (κ1) is 26.5. The van der Waals surface area contributed by atoms with E-state index in [1.807, 2.05) is 52.0 Å². The van der Waals surface area contributed by atoms with Gasteiger partial charge in [-0.3, -0.25) is 9.59 Å². The van der Waals surface area contributed by atoms with Crippen molar-refractivity contribution >= 4 is 21.8 Å². The first-order valence-electron chi connectivity index (χ1n) is 11.3. The number of hydrogen-bond donors (Lipinski definition) is 1. The molecule has 0 fully saturated rings. The van der Waals surface area contributed by atoms with Gasteiger partial charge in [0.2, 0.25) is 21.8 Å². The number of carbonyl (C=O) groups is 2. The third-order valence-electron chi connectivity index (χ3n) is 5.46. The van der Waals surface area contributed by atoms with Gasteiger partial charge in [0.25, 0.3) is 0 Å². The van der Waals surface area contributed by atoms with E-state index < -0.39 is 22.0 Å². The van der Waals surface area contributed by atoms with E-state index in [9.17, 15) is 18.0 Å². The normalized spacial score (nSPS) is 12.4. The van der Waals surface area contributed by atoms with Crippen LogP contribution < -0.4 is 5.32 Å². The van der Waals surface area contributed by atoms with Gasteiger partial charge in [0.05, 0.1) is 11.4 Å². The van der Waals surface area contributed by atoms with E-state index >= 15 is 0 Å². The topological polar surface area (TPSA) is 86.8 Å².